The van der Waals surface area contributed by atoms with Crippen molar-refractivity contribution in [3.05, 3.63) is 29.8 Å². The monoisotopic (exact) mass is 360 g/mol. The molecule has 1 rings (SSSR count). The number of carboxylic acid groups (broad SMARTS) is 1. The Kier molecular flexibility index (Phi) is 9.12. The summed E-state index contributed by atoms with van der Waals surface area (Å²) in [4.78, 5) is 27.3. The Morgan fingerprint density at radius 1 is 1.38 bits per heavy atom. The van der Waals surface area contributed by atoms with Gasteiger partial charge in [0.2, 0.25) is 0 Å². The number of carbonyl (C=O) groups excluding carboxylic acids is 1. The topological polar surface area (TPSA) is 129 Å². The van der Waals surface area contributed by atoms with Crippen LogP contribution in [0.2, 0.25) is 0 Å². The Balaban J connectivity index is 2.55. The Morgan fingerprint density at radius 3 is 2.75 bits per heavy atom. The van der Waals surface area contributed by atoms with Crippen molar-refractivity contribution in [1.29, 1.82) is 0 Å². The van der Waals surface area contributed by atoms with E-state index in [2.05, 4.69) is 10.2 Å². The highest BCUT2D eigenvalue weighted by Gasteiger charge is 2.20. The largest absolute Gasteiger partial charge is 0.480 e. The molecule has 9 nitrogen and oxygen atoms in total. The van der Waals surface area contributed by atoms with Gasteiger partial charge < -0.3 is 15.2 Å². The van der Waals surface area contributed by atoms with E-state index < -0.39 is 18.1 Å². The summed E-state index contributed by atoms with van der Waals surface area (Å²) in [6, 6.07) is 5.49. The molecule has 0 aliphatic heterocycles. The average Bonchev–Trinajstić information content (AvgIpc) is 2.51. The molecule has 0 saturated heterocycles. The maximum absolute atomic E-state index is 11.8. The molecule has 0 aliphatic rings. The van der Waals surface area contributed by atoms with Gasteiger partial charge in [-0.2, -0.15) is 11.8 Å². The first-order chi connectivity index (χ1) is 11.4. The van der Waals surface area contributed by atoms with Gasteiger partial charge in [-0.1, -0.05) is 12.1 Å². The second-order valence-corrected chi connectivity index (χ2v) is 5.68. The summed E-state index contributed by atoms with van der Waals surface area (Å²) in [6.07, 6.45) is 1.64. The first kappa shape index (κ1) is 20.2. The molecule has 10 heteroatoms. The molecule has 134 valence electrons. The van der Waals surface area contributed by atoms with Crippen molar-refractivity contribution >= 4 is 23.8 Å². The van der Waals surface area contributed by atoms with Gasteiger partial charge in [-0.3, -0.25) is 15.3 Å². The first-order valence-corrected chi connectivity index (χ1v) is 8.41. The zero-order valence-corrected chi connectivity index (χ0v) is 13.9. The van der Waals surface area contributed by atoms with Gasteiger partial charge in [0, 0.05) is 0 Å². The minimum Gasteiger partial charge on any atom is -0.480 e. The molecule has 24 heavy (non-hydrogen) atoms. The minimum absolute atomic E-state index is 0.0123. The van der Waals surface area contributed by atoms with Crippen LogP contribution in [0.3, 0.4) is 0 Å². The molecule has 4 N–H and O–H groups in total. The van der Waals surface area contributed by atoms with Crippen LogP contribution in [0.1, 0.15) is 12.0 Å². The van der Waals surface area contributed by atoms with Crippen molar-refractivity contribution in [2.45, 2.75) is 18.9 Å². The van der Waals surface area contributed by atoms with E-state index in [1.54, 1.807) is 24.3 Å². The molecule has 0 fully saturated rings. The fourth-order valence-corrected chi connectivity index (χ4v) is 2.25. The van der Waals surface area contributed by atoms with E-state index in [0.717, 1.165) is 5.56 Å². The van der Waals surface area contributed by atoms with E-state index in [1.807, 2.05) is 6.26 Å². The van der Waals surface area contributed by atoms with Crippen LogP contribution < -0.4 is 10.1 Å². The van der Waals surface area contributed by atoms with Crippen LogP contribution in [-0.2, 0) is 16.1 Å². The fraction of sp³-hybridized carbons (Fsp3) is 0.429. The van der Waals surface area contributed by atoms with Crippen LogP contribution in [-0.4, -0.2) is 57.6 Å². The number of thioether (sulfide) groups is 1. The zero-order chi connectivity index (χ0) is 17.9. The molecule has 0 bridgehead atoms. The molecule has 1 aromatic carbocycles. The summed E-state index contributed by atoms with van der Waals surface area (Å²) < 4.78 is 5.07. The molecule has 0 heterocycles. The number of hydrogen-bond donors (Lipinski definition) is 4. The third-order valence-corrected chi connectivity index (χ3v) is 3.55. The van der Waals surface area contributed by atoms with Crippen LogP contribution in [0, 0.1) is 0 Å². The highest BCUT2D eigenvalue weighted by molar-refractivity contribution is 7.98. The van der Waals surface area contributed by atoms with E-state index in [1.165, 1.54) is 11.8 Å². The average molecular weight is 360 g/mol. The Hall–Kier alpha value is -1.85. The van der Waals surface area contributed by atoms with Gasteiger partial charge in [-0.05, 0) is 42.5 Å². The van der Waals surface area contributed by atoms with Crippen molar-refractivity contribution in [2.24, 2.45) is 0 Å². The predicted molar refractivity (Wildman–Crippen MR) is 85.1 cm³/mol. The summed E-state index contributed by atoms with van der Waals surface area (Å²) in [5.74, 6) is -0.284. The van der Waals surface area contributed by atoms with Gasteiger partial charge in [-0.15, -0.1) is 0 Å². The van der Waals surface area contributed by atoms with Gasteiger partial charge in [0.15, 0.2) is 0 Å². The number of benzene rings is 1. The summed E-state index contributed by atoms with van der Waals surface area (Å²) in [7, 11) is 0. The van der Waals surface area contributed by atoms with Crippen LogP contribution in [0.5, 0.6) is 5.75 Å². The quantitative estimate of drug-likeness (QED) is 0.459. The Morgan fingerprint density at radius 2 is 2.12 bits per heavy atom. The first-order valence-electron chi connectivity index (χ1n) is 7.02. The smallest absolute Gasteiger partial charge is 0.413 e. The lowest BCUT2D eigenvalue weighted by atomic mass is 10.1. The number of carbonyl (C=O) groups is 2. The molecule has 0 saturated carbocycles. The number of carboxylic acids is 1. The number of rotatable bonds is 10. The lowest BCUT2D eigenvalue weighted by Gasteiger charge is -2.14. The summed E-state index contributed by atoms with van der Waals surface area (Å²) in [6.45, 7) is 0.0123. The molecule has 0 radical (unpaired) electrons. The van der Waals surface area contributed by atoms with Crippen molar-refractivity contribution < 1.29 is 34.7 Å². The van der Waals surface area contributed by atoms with Crippen molar-refractivity contribution in [3.8, 4) is 5.75 Å². The van der Waals surface area contributed by atoms with E-state index in [4.69, 9.17) is 20.3 Å². The predicted octanol–water partition coefficient (Wildman–Crippen LogP) is 1.54. The highest BCUT2D eigenvalue weighted by Crippen LogP contribution is 2.14. The van der Waals surface area contributed by atoms with Crippen LogP contribution in [0.25, 0.3) is 0 Å². The maximum atomic E-state index is 11.8. The van der Waals surface area contributed by atoms with Crippen LogP contribution in [0.15, 0.2) is 24.3 Å². The molecule has 1 aromatic rings. The fourth-order valence-electron chi connectivity index (χ4n) is 1.78. The van der Waals surface area contributed by atoms with Gasteiger partial charge >= 0.3 is 12.1 Å². The van der Waals surface area contributed by atoms with Gasteiger partial charge in [0.25, 0.3) is 0 Å². The lowest BCUT2D eigenvalue weighted by Crippen LogP contribution is -2.42. The van der Waals surface area contributed by atoms with E-state index in [-0.39, 0.29) is 17.7 Å². The van der Waals surface area contributed by atoms with Crippen LogP contribution in [0.4, 0.5) is 4.79 Å². The summed E-state index contributed by atoms with van der Waals surface area (Å²) >= 11 is 1.48. The molecule has 0 spiro atoms. The number of aliphatic carboxylic acids is 1. The van der Waals surface area contributed by atoms with E-state index >= 15 is 0 Å². The summed E-state index contributed by atoms with van der Waals surface area (Å²) in [5.41, 5.74) is 0.735. The van der Waals surface area contributed by atoms with Gasteiger partial charge in [0.1, 0.15) is 11.8 Å². The van der Waals surface area contributed by atoms with Crippen LogP contribution >= 0.6 is 11.8 Å². The van der Waals surface area contributed by atoms with Crippen molar-refractivity contribution in [2.75, 3.05) is 18.6 Å². The number of nitrogens with one attached hydrogen (secondary N) is 1. The van der Waals surface area contributed by atoms with Crippen molar-refractivity contribution in [3.63, 3.8) is 0 Å². The Labute approximate surface area is 143 Å². The highest BCUT2D eigenvalue weighted by atomic mass is 32.2. The molecule has 1 atom stereocenters. The van der Waals surface area contributed by atoms with Gasteiger partial charge in [0.05, 0.1) is 12.0 Å². The molecular formula is C14H20N2O7S. The van der Waals surface area contributed by atoms with E-state index in [9.17, 15) is 9.59 Å². The molecule has 0 aliphatic carbocycles. The van der Waals surface area contributed by atoms with Crippen molar-refractivity contribution in [1.82, 2.24) is 10.7 Å². The molecule has 0 aromatic heterocycles. The molecule has 1 amide bonds. The lowest BCUT2D eigenvalue weighted by molar-refractivity contribution is -0.492. The van der Waals surface area contributed by atoms with E-state index in [0.29, 0.717) is 18.6 Å². The standard InChI is InChI=1S/C14H20N2O7S/c1-24-8-6-12(13(17)18)15-14(19)23-11-4-2-3-10(9-11)5-7-22-16(20)21/h2-4,9,12,20-21H,5-8H2,1H3,(H,15,19)(H,17,18). The number of amides is 1. The normalized spacial score (nSPS) is 12.0. The molecule has 1 unspecified atom stereocenters. The number of nitrogens with zero attached hydrogens (tertiary/aromatic N) is 1. The SMILES string of the molecule is CSCCC(NC(=O)Oc1cccc(CCON(O)O)c1)C(=O)O. The molecular weight excluding hydrogens is 340 g/mol. The number of ether oxygens (including phenoxy) is 1. The third-order valence-electron chi connectivity index (χ3n) is 2.91. The van der Waals surface area contributed by atoms with Gasteiger partial charge in [-0.25, -0.2) is 9.59 Å². The second-order valence-electron chi connectivity index (χ2n) is 4.69. The zero-order valence-electron chi connectivity index (χ0n) is 13.0. The third kappa shape index (κ3) is 8.13. The second kappa shape index (κ2) is 10.8. The minimum atomic E-state index is -1.12. The summed E-state index contributed by atoms with van der Waals surface area (Å²) in [5, 5.41) is 27.9. The number of hydrogen-bond acceptors (Lipinski definition) is 8. The maximum Gasteiger partial charge on any atom is 0.413 e. The Bertz CT molecular complexity index is 542.